The third-order valence-electron chi connectivity index (χ3n) is 6.47. The van der Waals surface area contributed by atoms with Crippen molar-refractivity contribution in [1.29, 1.82) is 0 Å². The van der Waals surface area contributed by atoms with Crippen LogP contribution in [0, 0.1) is 10.1 Å². The number of nitro groups is 1. The van der Waals surface area contributed by atoms with E-state index in [0.29, 0.717) is 38.3 Å². The first-order valence-corrected chi connectivity index (χ1v) is 16.3. The van der Waals surface area contributed by atoms with Gasteiger partial charge in [0.2, 0.25) is 5.91 Å². The molecule has 3 N–H and O–H groups in total. The van der Waals surface area contributed by atoms with Gasteiger partial charge in [-0.3, -0.25) is 34.7 Å². The first kappa shape index (κ1) is 35.1. The van der Waals surface area contributed by atoms with Gasteiger partial charge in [0.25, 0.3) is 21.7 Å². The number of ether oxygens (including phenoxy) is 2. The Kier molecular flexibility index (Phi) is 13.3. The summed E-state index contributed by atoms with van der Waals surface area (Å²) in [6, 6.07) is 5.22. The van der Waals surface area contributed by atoms with Crippen molar-refractivity contribution in [3.63, 3.8) is 0 Å². The van der Waals surface area contributed by atoms with E-state index in [2.05, 4.69) is 16.1 Å². The fourth-order valence-corrected chi connectivity index (χ4v) is 6.70. The molecule has 0 radical (unpaired) electrons. The number of benzene rings is 1. The molecule has 0 unspecified atom stereocenters. The lowest BCUT2D eigenvalue weighted by Gasteiger charge is -2.34. The number of nitrogens with one attached hydrogen (secondary N) is 3. The summed E-state index contributed by atoms with van der Waals surface area (Å²) in [5.74, 6) is -3.17. The molecule has 17 nitrogen and oxygen atoms in total. The maximum atomic E-state index is 13.1. The van der Waals surface area contributed by atoms with Gasteiger partial charge in [-0.2, -0.15) is 22.8 Å². The quantitative estimate of drug-likeness (QED) is 0.122. The smallest absolute Gasteiger partial charge is 0.328 e. The number of nitro benzene ring substituents is 1. The molecule has 3 rings (SSSR count). The van der Waals surface area contributed by atoms with Gasteiger partial charge in [-0.1, -0.05) is 0 Å². The number of thioether (sulfide) groups is 1. The number of carbonyl (C=O) groups excluding carboxylic acids is 4. The van der Waals surface area contributed by atoms with E-state index in [4.69, 9.17) is 13.8 Å². The maximum absolute atomic E-state index is 13.1. The molecule has 3 atom stereocenters. The predicted octanol–water partition coefficient (Wildman–Crippen LogP) is -0.573. The summed E-state index contributed by atoms with van der Waals surface area (Å²) in [7, 11) is -4.51. The lowest BCUT2D eigenvalue weighted by atomic mass is 10.2. The van der Waals surface area contributed by atoms with Crippen LogP contribution in [0.3, 0.4) is 0 Å². The molecule has 0 saturated carbocycles. The monoisotopic (exact) mass is 660 g/mol. The summed E-state index contributed by atoms with van der Waals surface area (Å²) in [6.45, 7) is 3.94. The lowest BCUT2D eigenvalue weighted by Crippen LogP contribution is -2.60. The average molecular weight is 661 g/mol. The van der Waals surface area contributed by atoms with Gasteiger partial charge in [-0.05, 0) is 37.5 Å². The van der Waals surface area contributed by atoms with Crippen LogP contribution >= 0.6 is 11.8 Å². The average Bonchev–Trinajstić information content (AvgIpc) is 3.48. The van der Waals surface area contributed by atoms with Gasteiger partial charge in [0.05, 0.1) is 16.7 Å². The molecule has 19 heteroatoms. The van der Waals surface area contributed by atoms with E-state index in [1.54, 1.807) is 0 Å². The number of hydrazine groups is 1. The molecule has 1 aromatic rings. The van der Waals surface area contributed by atoms with Crippen molar-refractivity contribution < 1.29 is 46.3 Å². The van der Waals surface area contributed by atoms with Gasteiger partial charge in [0.1, 0.15) is 6.61 Å². The molecule has 0 bridgehead atoms. The van der Waals surface area contributed by atoms with Crippen molar-refractivity contribution in [3.05, 3.63) is 39.9 Å². The third kappa shape index (κ3) is 11.0. The molecule has 44 heavy (non-hydrogen) atoms. The molecule has 244 valence electrons. The minimum atomic E-state index is -4.51. The molecule has 2 heterocycles. The number of piperazine rings is 1. The van der Waals surface area contributed by atoms with E-state index in [1.807, 2.05) is 0 Å². The molecule has 1 aromatic carbocycles. The number of nitrogens with zero attached hydrogens (tertiary/aromatic N) is 3. The second kappa shape index (κ2) is 16.6. The van der Waals surface area contributed by atoms with Gasteiger partial charge in [0, 0.05) is 57.5 Å². The van der Waals surface area contributed by atoms with Gasteiger partial charge >= 0.3 is 11.9 Å². The highest BCUT2D eigenvalue weighted by atomic mass is 32.2. The first-order chi connectivity index (χ1) is 20.9. The van der Waals surface area contributed by atoms with Crippen LogP contribution < -0.4 is 16.1 Å². The summed E-state index contributed by atoms with van der Waals surface area (Å²) in [4.78, 5) is 59.7. The minimum absolute atomic E-state index is 0.157. The number of hydroxylamine groups is 2. The number of rotatable bonds is 15. The largest absolute Gasteiger partial charge is 0.460 e. The Bertz CT molecular complexity index is 1290. The van der Waals surface area contributed by atoms with Crippen molar-refractivity contribution >= 4 is 51.3 Å². The van der Waals surface area contributed by atoms with Gasteiger partial charge in [0.15, 0.2) is 11.5 Å². The van der Waals surface area contributed by atoms with Crippen LogP contribution in [0.4, 0.5) is 5.69 Å². The third-order valence-corrected chi connectivity index (χ3v) is 9.40. The van der Waals surface area contributed by atoms with Crippen molar-refractivity contribution in [2.45, 2.75) is 50.0 Å². The molecule has 2 saturated heterocycles. The van der Waals surface area contributed by atoms with Crippen molar-refractivity contribution in [3.8, 4) is 0 Å². The van der Waals surface area contributed by atoms with Crippen LogP contribution in [-0.4, -0.2) is 109 Å². The molecule has 2 aliphatic rings. The zero-order chi connectivity index (χ0) is 32.3. The Morgan fingerprint density at radius 3 is 2.48 bits per heavy atom. The number of esters is 2. The van der Waals surface area contributed by atoms with Crippen LogP contribution in [0.2, 0.25) is 0 Å². The number of carbonyl (C=O) groups is 4. The van der Waals surface area contributed by atoms with E-state index < -0.39 is 62.1 Å². The molecule has 0 aliphatic carbocycles. The van der Waals surface area contributed by atoms with E-state index in [1.165, 1.54) is 48.2 Å². The summed E-state index contributed by atoms with van der Waals surface area (Å²) >= 11 is 0.854. The minimum Gasteiger partial charge on any atom is -0.460 e. The maximum Gasteiger partial charge on any atom is 0.328 e. The van der Waals surface area contributed by atoms with Crippen LogP contribution in [0.1, 0.15) is 32.3 Å². The molecule has 0 aromatic heterocycles. The topological polar surface area (TPSA) is 216 Å². The molecule has 2 aliphatic heterocycles. The van der Waals surface area contributed by atoms with Crippen molar-refractivity contribution in [2.24, 2.45) is 0 Å². The van der Waals surface area contributed by atoms with Crippen LogP contribution in [-0.2, 0) is 49.7 Å². The fourth-order valence-electron chi connectivity index (χ4n) is 4.11. The van der Waals surface area contributed by atoms with Crippen LogP contribution in [0.25, 0.3) is 0 Å². The second-order valence-electron chi connectivity index (χ2n) is 9.91. The highest BCUT2D eigenvalue weighted by Crippen LogP contribution is 2.22. The number of amides is 2. The van der Waals surface area contributed by atoms with Crippen LogP contribution in [0.15, 0.2) is 24.3 Å². The van der Waals surface area contributed by atoms with E-state index in [9.17, 15) is 37.7 Å². The summed E-state index contributed by atoms with van der Waals surface area (Å²) in [6.07, 6.45) is 0.740. The number of non-ortho nitro benzene ring substituents is 1. The molecule has 0 spiro atoms. The Labute approximate surface area is 258 Å². The summed E-state index contributed by atoms with van der Waals surface area (Å²) in [5, 5.41) is 16.4. The summed E-state index contributed by atoms with van der Waals surface area (Å²) in [5.41, 5.74) is 2.83. The molecular formula is C25H36N6O11S2. The van der Waals surface area contributed by atoms with Gasteiger partial charge < -0.3 is 20.1 Å². The SMILES string of the molecule is CC(=O)O[C@H]1CNCCN1NC(=O)CNC(=O)[C@H](C)SC[C@H](C(=O)OCc1ccc([N+](=O)[O-])cc1)S(=O)(=O)ON1CCCC1. The molecule has 2 amide bonds. The lowest BCUT2D eigenvalue weighted by molar-refractivity contribution is -0.384. The Hall–Kier alpha value is -3.36. The van der Waals surface area contributed by atoms with Crippen molar-refractivity contribution in [2.75, 3.05) is 45.0 Å². The number of hydrogen-bond acceptors (Lipinski definition) is 15. The Morgan fingerprint density at radius 2 is 1.84 bits per heavy atom. The standard InChI is InChI=1S/C25H36N6O11S2/c1-17(24(34)27-13-22(33)28-30-12-9-26-14-23(30)41-18(2)32)43-16-21(44(38,39)42-29-10-3-4-11-29)25(35)40-15-19-5-7-20(8-6-19)31(36)37/h5-8,17,21,23,26H,3-4,9-16H2,1-2H3,(H,27,34)(H,28,33)/t17-,21+,23-/m0/s1. The molecule has 2 fully saturated rings. The zero-order valence-electron chi connectivity index (χ0n) is 24.3. The van der Waals surface area contributed by atoms with Crippen molar-refractivity contribution in [1.82, 2.24) is 26.1 Å². The molecular weight excluding hydrogens is 624 g/mol. The Balaban J connectivity index is 1.55. The van der Waals surface area contributed by atoms with Gasteiger partial charge in [-0.15, -0.1) is 11.8 Å². The first-order valence-electron chi connectivity index (χ1n) is 13.8. The van der Waals surface area contributed by atoms with E-state index in [0.717, 1.165) is 24.6 Å². The second-order valence-corrected chi connectivity index (χ2v) is 13.0. The van der Waals surface area contributed by atoms with E-state index >= 15 is 0 Å². The fraction of sp³-hybridized carbons (Fsp3) is 0.600. The van der Waals surface area contributed by atoms with E-state index in [-0.39, 0.29) is 18.0 Å². The highest BCUT2D eigenvalue weighted by molar-refractivity contribution is 8.01. The predicted molar refractivity (Wildman–Crippen MR) is 156 cm³/mol. The number of hydrogen-bond donors (Lipinski definition) is 3. The van der Waals surface area contributed by atoms with Gasteiger partial charge in [-0.25, -0.2) is 0 Å². The highest BCUT2D eigenvalue weighted by Gasteiger charge is 2.38. The normalized spacial score (nSPS) is 19.0. The van der Waals surface area contributed by atoms with Crippen LogP contribution in [0.5, 0.6) is 0 Å². The zero-order valence-corrected chi connectivity index (χ0v) is 25.9. The Morgan fingerprint density at radius 1 is 1.16 bits per heavy atom. The summed E-state index contributed by atoms with van der Waals surface area (Å²) < 4.78 is 41.7.